The van der Waals surface area contributed by atoms with Gasteiger partial charge in [0.1, 0.15) is 35.5 Å². The smallest absolute Gasteiger partial charge is 0.240 e. The number of fused-ring (bicyclic) bond motifs is 1. The van der Waals surface area contributed by atoms with Gasteiger partial charge in [0.2, 0.25) is 11.9 Å². The lowest BCUT2D eigenvalue weighted by Crippen LogP contribution is -2.43. The minimum Gasteiger partial charge on any atom is -0.394 e. The maximum absolute atomic E-state index is 11.4. The molecule has 0 aromatic carbocycles. The van der Waals surface area contributed by atoms with E-state index in [0.29, 0.717) is 11.2 Å². The van der Waals surface area contributed by atoms with Crippen molar-refractivity contribution >= 4 is 35.2 Å². The third kappa shape index (κ3) is 5.65. The minimum absolute atomic E-state index is 0.0465. The zero-order chi connectivity index (χ0) is 24.0. The number of aliphatic hydroxyl groups excluding tert-OH is 4. The summed E-state index contributed by atoms with van der Waals surface area (Å²) in [6.07, 6.45) is -3.05. The highest BCUT2D eigenvalue weighted by molar-refractivity contribution is 7.71. The Bertz CT molecular complexity index is 1180. The zero-order valence-electron chi connectivity index (χ0n) is 17.2. The molecule has 1 unspecified atom stereocenters. The Labute approximate surface area is 193 Å². The fourth-order valence-electron chi connectivity index (χ4n) is 2.97. The van der Waals surface area contributed by atoms with E-state index < -0.39 is 49.7 Å². The lowest BCUT2D eigenvalue weighted by molar-refractivity contribution is -0.122. The quantitative estimate of drug-likeness (QED) is 0.149. The van der Waals surface area contributed by atoms with E-state index in [1.807, 2.05) is 0 Å². The summed E-state index contributed by atoms with van der Waals surface area (Å²) in [6, 6.07) is -0.988. The van der Waals surface area contributed by atoms with Crippen LogP contribution in [0.2, 0.25) is 0 Å². The largest absolute Gasteiger partial charge is 0.394 e. The molecule has 3 rings (SSSR count). The first-order valence-electron chi connectivity index (χ1n) is 9.80. The van der Waals surface area contributed by atoms with E-state index in [1.54, 1.807) is 0 Å². The van der Waals surface area contributed by atoms with Crippen molar-refractivity contribution in [3.05, 3.63) is 11.0 Å². The Morgan fingerprint density at radius 2 is 2.03 bits per heavy atom. The molecule has 1 aliphatic heterocycles. The fraction of sp³-hybridized carbons (Fsp3) is 0.474. The predicted octanol–water partition coefficient (Wildman–Crippen LogP) is -3.05. The number of hydrogen-bond donors (Lipinski definition) is 8. The van der Waals surface area contributed by atoms with Gasteiger partial charge in [-0.3, -0.25) is 9.36 Å². The summed E-state index contributed by atoms with van der Waals surface area (Å²) in [5.41, 5.74) is 6.12. The molecule has 33 heavy (non-hydrogen) atoms. The van der Waals surface area contributed by atoms with Gasteiger partial charge in [-0.05, 0) is 11.8 Å². The number of anilines is 1. The van der Waals surface area contributed by atoms with Crippen molar-refractivity contribution in [3.8, 4) is 23.7 Å². The average Bonchev–Trinajstić information content (AvgIpc) is 3.35. The van der Waals surface area contributed by atoms with Crippen LogP contribution in [0.15, 0.2) is 6.33 Å². The second-order valence-electron chi connectivity index (χ2n) is 6.93. The minimum atomic E-state index is -1.28. The number of hydrogen-bond acceptors (Lipinski definition) is 11. The Morgan fingerprint density at radius 3 is 2.70 bits per heavy atom. The first kappa shape index (κ1) is 24.6. The van der Waals surface area contributed by atoms with E-state index in [1.165, 1.54) is 10.9 Å². The molecule has 1 saturated heterocycles. The highest BCUT2D eigenvalue weighted by Gasteiger charge is 2.43. The van der Waals surface area contributed by atoms with Gasteiger partial charge in [0, 0.05) is 0 Å². The molecule has 0 spiro atoms. The number of aliphatic hydroxyl groups is 4. The number of aromatic nitrogens is 4. The number of nitrogens with zero attached hydrogens (tertiary/aromatic N) is 3. The number of carbonyl (C=O) groups excluding carboxylic acids is 1. The number of imidazole rings is 1. The molecule has 1 aliphatic rings. The number of rotatable bonds is 7. The number of ether oxygens (including phenoxy) is 1. The van der Waals surface area contributed by atoms with Gasteiger partial charge in [0.15, 0.2) is 10.9 Å². The van der Waals surface area contributed by atoms with Gasteiger partial charge in [-0.15, -0.1) is 0 Å². The summed E-state index contributed by atoms with van der Waals surface area (Å²) in [5, 5.41) is 43.7. The molecule has 2 aromatic heterocycles. The molecule has 14 heteroatoms. The maximum atomic E-state index is 11.4. The second kappa shape index (κ2) is 11.2. The van der Waals surface area contributed by atoms with E-state index in [-0.39, 0.29) is 23.7 Å². The van der Waals surface area contributed by atoms with Crippen LogP contribution < -0.4 is 16.4 Å². The van der Waals surface area contributed by atoms with Gasteiger partial charge in [-0.2, -0.15) is 0 Å². The first-order valence-corrected chi connectivity index (χ1v) is 10.2. The van der Waals surface area contributed by atoms with E-state index in [0.717, 1.165) is 0 Å². The fourth-order valence-corrected chi connectivity index (χ4v) is 3.21. The molecule has 5 atom stereocenters. The Hall–Kier alpha value is -3.08. The lowest BCUT2D eigenvalue weighted by atomic mass is 10.1. The molecule has 0 radical (unpaired) electrons. The van der Waals surface area contributed by atoms with Gasteiger partial charge in [0.05, 0.1) is 32.6 Å². The van der Waals surface area contributed by atoms with Crippen LogP contribution in [0.3, 0.4) is 0 Å². The molecule has 0 saturated carbocycles. The van der Waals surface area contributed by atoms with Crippen molar-refractivity contribution in [1.29, 1.82) is 0 Å². The van der Waals surface area contributed by atoms with Crippen molar-refractivity contribution in [2.45, 2.75) is 30.6 Å². The summed E-state index contributed by atoms with van der Waals surface area (Å²) in [6.45, 7) is -0.684. The molecule has 13 nitrogen and oxygen atoms in total. The van der Waals surface area contributed by atoms with Gasteiger partial charge >= 0.3 is 0 Å². The summed E-state index contributed by atoms with van der Waals surface area (Å²) < 4.78 is 7.21. The van der Waals surface area contributed by atoms with Crippen LogP contribution in [0.25, 0.3) is 11.2 Å². The van der Waals surface area contributed by atoms with Crippen LogP contribution in [0, 0.1) is 28.3 Å². The van der Waals surface area contributed by atoms with Crippen molar-refractivity contribution < 1.29 is 30.0 Å². The number of nitrogens with two attached hydrogens (primary N) is 1. The summed E-state index contributed by atoms with van der Waals surface area (Å²) in [5.74, 6) is 10.3. The van der Waals surface area contributed by atoms with E-state index in [4.69, 9.17) is 27.8 Å². The van der Waals surface area contributed by atoms with Crippen LogP contribution in [0.1, 0.15) is 6.23 Å². The van der Waals surface area contributed by atoms with Crippen LogP contribution in [0.5, 0.6) is 0 Å². The van der Waals surface area contributed by atoms with Crippen molar-refractivity contribution in [1.82, 2.24) is 24.8 Å². The van der Waals surface area contributed by atoms with Crippen LogP contribution >= 0.6 is 12.2 Å². The van der Waals surface area contributed by atoms with E-state index in [2.05, 4.69) is 49.3 Å². The Morgan fingerprint density at radius 1 is 1.30 bits per heavy atom. The molecule has 1 fully saturated rings. The highest BCUT2D eigenvalue weighted by Crippen LogP contribution is 2.31. The van der Waals surface area contributed by atoms with Gasteiger partial charge in [0.25, 0.3) is 0 Å². The number of amides is 1. The molecular weight excluding hydrogens is 454 g/mol. The van der Waals surface area contributed by atoms with Crippen molar-refractivity contribution in [2.24, 2.45) is 5.73 Å². The highest BCUT2D eigenvalue weighted by atomic mass is 32.1. The average molecular weight is 478 g/mol. The zero-order valence-corrected chi connectivity index (χ0v) is 18.0. The molecule has 3 heterocycles. The van der Waals surface area contributed by atoms with E-state index in [9.17, 15) is 20.1 Å². The predicted molar refractivity (Wildman–Crippen MR) is 118 cm³/mol. The normalized spacial score (nSPS) is 22.7. The molecule has 9 N–H and O–H groups in total. The monoisotopic (exact) mass is 477 g/mol. The molecule has 2 aromatic rings. The summed E-state index contributed by atoms with van der Waals surface area (Å²) >= 11 is 5.27. The first-order chi connectivity index (χ1) is 15.9. The standard InChI is InChI=1S/C19H23N7O6S/c20-10(7-27)16(31)21-5-3-1-2-4-6-22-19-24-15-12(17(33)25-19)23-9-26(15)18-14(30)13(29)11(8-28)32-18/h9-11,13-14,18,27-30H,5-8,20H2,(H,21,31)(H2,22,24,25,33)/t10?,11-,13-,14-,18-/m1/s1. The van der Waals surface area contributed by atoms with Gasteiger partial charge in [-0.25, -0.2) is 9.97 Å². The van der Waals surface area contributed by atoms with Crippen LogP contribution in [-0.2, 0) is 9.53 Å². The van der Waals surface area contributed by atoms with Crippen molar-refractivity contribution in [2.75, 3.05) is 31.6 Å². The van der Waals surface area contributed by atoms with E-state index >= 15 is 0 Å². The van der Waals surface area contributed by atoms with Crippen LogP contribution in [-0.4, -0.2) is 96.5 Å². The molecule has 176 valence electrons. The molecule has 0 bridgehead atoms. The molecule has 0 aliphatic carbocycles. The van der Waals surface area contributed by atoms with Crippen LogP contribution in [0.4, 0.5) is 5.95 Å². The van der Waals surface area contributed by atoms with Gasteiger partial charge in [-0.1, -0.05) is 24.1 Å². The lowest BCUT2D eigenvalue weighted by Gasteiger charge is -2.17. The van der Waals surface area contributed by atoms with Gasteiger partial charge < -0.3 is 46.5 Å². The third-order valence-corrected chi connectivity index (χ3v) is 4.99. The molecular formula is C19H23N7O6S. The maximum Gasteiger partial charge on any atom is 0.240 e. The Balaban J connectivity index is 1.64. The SMILES string of the molecule is NC(CO)C(=O)NCC#CC#CCNc1nc(=S)c2ncn([C@@H]3O[C@H](CO)[C@@H](O)[C@H]3O)c2[nH]1. The number of H-pyrrole nitrogens is 1. The van der Waals surface area contributed by atoms with Crippen molar-refractivity contribution in [3.63, 3.8) is 0 Å². The topological polar surface area (TPSA) is 204 Å². The number of nitrogens with one attached hydrogen (secondary N) is 3. The summed E-state index contributed by atoms with van der Waals surface area (Å²) in [7, 11) is 0. The third-order valence-electron chi connectivity index (χ3n) is 4.71. The Kier molecular flexibility index (Phi) is 8.32. The summed E-state index contributed by atoms with van der Waals surface area (Å²) in [4.78, 5) is 22.7. The molecule has 1 amide bonds. The number of carbonyl (C=O) groups is 1. The number of aromatic amines is 1. The second-order valence-corrected chi connectivity index (χ2v) is 7.32.